The summed E-state index contributed by atoms with van der Waals surface area (Å²) in [6.07, 6.45) is 10.9. The van der Waals surface area contributed by atoms with E-state index in [0.717, 1.165) is 12.8 Å². The van der Waals surface area contributed by atoms with Gasteiger partial charge in [-0.2, -0.15) is 0 Å². The lowest BCUT2D eigenvalue weighted by Gasteiger charge is -2.24. The Balaban J connectivity index is 3.59. The lowest BCUT2D eigenvalue weighted by atomic mass is 10.1. The van der Waals surface area contributed by atoms with Gasteiger partial charge in [-0.05, 0) is 6.42 Å². The number of phosphoric acid groups is 1. The van der Waals surface area contributed by atoms with Gasteiger partial charge in [-0.3, -0.25) is 9.05 Å². The van der Waals surface area contributed by atoms with Crippen molar-refractivity contribution >= 4 is 7.82 Å². The molecule has 0 heterocycles. The van der Waals surface area contributed by atoms with Crippen molar-refractivity contribution in [2.45, 2.75) is 77.2 Å². The topological polar surface area (TPSA) is 76.0 Å². The van der Waals surface area contributed by atoms with Crippen molar-refractivity contribution in [2.75, 3.05) is 40.9 Å². The molecule has 0 aliphatic heterocycles. The molecule has 2 atom stereocenters. The maximum absolute atomic E-state index is 11.7. The van der Waals surface area contributed by atoms with Crippen LogP contribution in [0, 0.1) is 0 Å². The Kier molecular flexibility index (Phi) is 14.1. The fourth-order valence-electron chi connectivity index (χ4n) is 2.42. The maximum atomic E-state index is 11.7. The van der Waals surface area contributed by atoms with Crippen LogP contribution in [0.25, 0.3) is 0 Å². The summed E-state index contributed by atoms with van der Waals surface area (Å²) < 4.78 is 22.1. The van der Waals surface area contributed by atoms with Gasteiger partial charge in [0.1, 0.15) is 13.2 Å². The summed E-state index contributed by atoms with van der Waals surface area (Å²) in [5, 5.41) is 9.85. The van der Waals surface area contributed by atoms with Crippen molar-refractivity contribution in [2.24, 2.45) is 0 Å². The number of hydrogen-bond donors (Lipinski definition) is 2. The highest BCUT2D eigenvalue weighted by atomic mass is 31.2. The average molecular weight is 383 g/mol. The summed E-state index contributed by atoms with van der Waals surface area (Å²) >= 11 is 0. The van der Waals surface area contributed by atoms with Crippen LogP contribution < -0.4 is 0 Å². The van der Waals surface area contributed by atoms with E-state index in [1.807, 2.05) is 21.1 Å². The van der Waals surface area contributed by atoms with Crippen LogP contribution in [-0.4, -0.2) is 61.5 Å². The molecular weight excluding hydrogens is 341 g/mol. The first-order valence-corrected chi connectivity index (χ1v) is 11.3. The minimum absolute atomic E-state index is 0.144. The highest BCUT2D eigenvalue weighted by Crippen LogP contribution is 2.43. The lowest BCUT2D eigenvalue weighted by Crippen LogP contribution is -2.37. The van der Waals surface area contributed by atoms with E-state index in [1.54, 1.807) is 0 Å². The molecule has 2 unspecified atom stereocenters. The molecule has 0 radical (unpaired) electrons. The van der Waals surface area contributed by atoms with Gasteiger partial charge in [-0.1, -0.05) is 64.7 Å². The minimum atomic E-state index is -4.07. The van der Waals surface area contributed by atoms with Crippen LogP contribution in [0.5, 0.6) is 0 Å². The van der Waals surface area contributed by atoms with Gasteiger partial charge in [0.15, 0.2) is 0 Å². The third-order valence-corrected chi connectivity index (χ3v) is 5.07. The van der Waals surface area contributed by atoms with E-state index in [4.69, 9.17) is 9.05 Å². The van der Waals surface area contributed by atoms with Crippen molar-refractivity contribution in [3.63, 3.8) is 0 Å². The normalized spacial score (nSPS) is 15.9. The zero-order valence-electron chi connectivity index (χ0n) is 16.8. The Morgan fingerprint density at radius 3 is 1.96 bits per heavy atom. The third kappa shape index (κ3) is 18.6. The van der Waals surface area contributed by atoms with E-state index in [1.165, 1.54) is 44.9 Å². The van der Waals surface area contributed by atoms with Gasteiger partial charge in [0.05, 0.1) is 33.9 Å². The molecule has 0 bridgehead atoms. The van der Waals surface area contributed by atoms with Crippen molar-refractivity contribution in [1.82, 2.24) is 0 Å². The first-order chi connectivity index (χ1) is 11.7. The largest absolute Gasteiger partial charge is 0.472 e. The smallest absolute Gasteiger partial charge is 0.391 e. The molecule has 2 N–H and O–H groups in total. The molecule has 0 saturated carbocycles. The second kappa shape index (κ2) is 14.1. The van der Waals surface area contributed by atoms with Crippen molar-refractivity contribution < 1.29 is 28.1 Å². The molecular formula is C18H41NO5P+. The summed E-state index contributed by atoms with van der Waals surface area (Å²) in [6, 6.07) is 0. The van der Waals surface area contributed by atoms with Crippen molar-refractivity contribution in [1.29, 1.82) is 0 Å². The first kappa shape index (κ1) is 25.0. The summed E-state index contributed by atoms with van der Waals surface area (Å²) in [6.45, 7) is 2.82. The summed E-state index contributed by atoms with van der Waals surface area (Å²) in [5.74, 6) is 0. The number of unbranched alkanes of at least 4 members (excludes halogenated alkanes) is 8. The second-order valence-corrected chi connectivity index (χ2v) is 9.34. The predicted octanol–water partition coefficient (Wildman–Crippen LogP) is 4.11. The molecule has 7 heteroatoms. The second-order valence-electron chi connectivity index (χ2n) is 7.88. The zero-order chi connectivity index (χ0) is 19.2. The van der Waals surface area contributed by atoms with Crippen LogP contribution in [0.15, 0.2) is 0 Å². The first-order valence-electron chi connectivity index (χ1n) is 9.76. The van der Waals surface area contributed by atoms with Crippen LogP contribution in [0.2, 0.25) is 0 Å². The van der Waals surface area contributed by atoms with Crippen LogP contribution in [0.3, 0.4) is 0 Å². The molecule has 152 valence electrons. The van der Waals surface area contributed by atoms with Gasteiger partial charge >= 0.3 is 7.82 Å². The van der Waals surface area contributed by atoms with Gasteiger partial charge < -0.3 is 14.5 Å². The molecule has 0 saturated heterocycles. The van der Waals surface area contributed by atoms with Gasteiger partial charge in [-0.15, -0.1) is 0 Å². The van der Waals surface area contributed by atoms with E-state index in [2.05, 4.69) is 6.92 Å². The number of hydrogen-bond acceptors (Lipinski definition) is 4. The van der Waals surface area contributed by atoms with E-state index in [9.17, 15) is 14.6 Å². The predicted molar refractivity (Wildman–Crippen MR) is 102 cm³/mol. The van der Waals surface area contributed by atoms with Crippen LogP contribution >= 0.6 is 7.82 Å². The van der Waals surface area contributed by atoms with E-state index < -0.39 is 13.9 Å². The van der Waals surface area contributed by atoms with Crippen LogP contribution in [-0.2, 0) is 13.6 Å². The SMILES string of the molecule is CCCCCCCCCCCC(O)COP(=O)(O)OCC[N+](C)(C)C. The Hall–Kier alpha value is 0.0300. The molecule has 0 fully saturated rings. The average Bonchev–Trinajstić information content (AvgIpc) is 2.50. The van der Waals surface area contributed by atoms with Gasteiger partial charge in [-0.25, -0.2) is 4.57 Å². The molecule has 0 amide bonds. The van der Waals surface area contributed by atoms with Crippen molar-refractivity contribution in [3.05, 3.63) is 0 Å². The summed E-state index contributed by atoms with van der Waals surface area (Å²) in [4.78, 5) is 9.58. The molecule has 0 aromatic rings. The van der Waals surface area contributed by atoms with E-state index >= 15 is 0 Å². The molecule has 6 nitrogen and oxygen atoms in total. The van der Waals surface area contributed by atoms with E-state index in [-0.39, 0.29) is 13.2 Å². The Labute approximate surface area is 154 Å². The zero-order valence-corrected chi connectivity index (χ0v) is 17.7. The number of rotatable bonds is 17. The number of aliphatic hydroxyl groups excluding tert-OH is 1. The van der Waals surface area contributed by atoms with Crippen LogP contribution in [0.1, 0.15) is 71.1 Å². The molecule has 0 aromatic heterocycles. The highest BCUT2D eigenvalue weighted by molar-refractivity contribution is 7.47. The molecule has 0 aromatic carbocycles. The number of quaternary nitrogens is 1. The number of aliphatic hydroxyl groups is 1. The van der Waals surface area contributed by atoms with Crippen molar-refractivity contribution in [3.8, 4) is 0 Å². The van der Waals surface area contributed by atoms with E-state index in [0.29, 0.717) is 17.4 Å². The van der Waals surface area contributed by atoms with Gasteiger partial charge in [0.25, 0.3) is 0 Å². The fraction of sp³-hybridized carbons (Fsp3) is 1.00. The highest BCUT2D eigenvalue weighted by Gasteiger charge is 2.23. The maximum Gasteiger partial charge on any atom is 0.472 e. The Morgan fingerprint density at radius 2 is 1.44 bits per heavy atom. The standard InChI is InChI=1S/C18H40NO5P/c1-5-6-7-8-9-10-11-12-13-14-18(20)17-24-25(21,22)23-16-15-19(2,3)4/h18,20H,5-17H2,1-4H3/p+1. The van der Waals surface area contributed by atoms with Gasteiger partial charge in [0, 0.05) is 0 Å². The fourth-order valence-corrected chi connectivity index (χ4v) is 3.17. The molecule has 0 aliphatic carbocycles. The quantitative estimate of drug-likeness (QED) is 0.225. The lowest BCUT2D eigenvalue weighted by molar-refractivity contribution is -0.870. The Bertz CT molecular complexity index is 360. The van der Waals surface area contributed by atoms with Crippen LogP contribution in [0.4, 0.5) is 0 Å². The summed E-state index contributed by atoms with van der Waals surface area (Å²) in [5.41, 5.74) is 0. The Morgan fingerprint density at radius 1 is 0.920 bits per heavy atom. The number of likely N-dealkylation sites (N-methyl/N-ethyl adjacent to an activating group) is 1. The molecule has 25 heavy (non-hydrogen) atoms. The summed E-state index contributed by atoms with van der Waals surface area (Å²) in [7, 11) is 1.86. The molecule has 0 rings (SSSR count). The monoisotopic (exact) mass is 382 g/mol. The number of nitrogens with zero attached hydrogens (tertiary/aromatic N) is 1. The third-order valence-electron chi connectivity index (χ3n) is 4.09. The van der Waals surface area contributed by atoms with Gasteiger partial charge in [0.2, 0.25) is 0 Å². The minimum Gasteiger partial charge on any atom is -0.391 e. The number of phosphoric ester groups is 1. The molecule has 0 spiro atoms. The molecule has 0 aliphatic rings.